The van der Waals surface area contributed by atoms with Gasteiger partial charge in [-0.2, -0.15) is 9.97 Å². The lowest BCUT2D eigenvalue weighted by Gasteiger charge is -2.40. The van der Waals surface area contributed by atoms with Crippen molar-refractivity contribution in [2.75, 3.05) is 24.5 Å². The molecule has 4 aromatic rings. The Morgan fingerprint density at radius 1 is 1.27 bits per heavy atom. The highest BCUT2D eigenvalue weighted by Crippen LogP contribution is 2.33. The van der Waals surface area contributed by atoms with Crippen molar-refractivity contribution in [3.63, 3.8) is 0 Å². The molecule has 0 spiro atoms. The van der Waals surface area contributed by atoms with Crippen molar-refractivity contribution < 1.29 is 13.9 Å². The summed E-state index contributed by atoms with van der Waals surface area (Å²) in [6.07, 6.45) is 5.06. The second-order valence-electron chi connectivity index (χ2n) is 10.3. The van der Waals surface area contributed by atoms with E-state index >= 15 is 4.39 Å². The minimum absolute atomic E-state index is 0.0492. The van der Waals surface area contributed by atoms with Gasteiger partial charge in [-0.15, -0.1) is 5.10 Å². The monoisotopic (exact) mass is 545 g/mol. The summed E-state index contributed by atoms with van der Waals surface area (Å²) in [5, 5.41) is 8.65. The van der Waals surface area contributed by atoms with Crippen LogP contribution in [0.5, 0.6) is 5.88 Å². The van der Waals surface area contributed by atoms with E-state index < -0.39 is 11.5 Å². The van der Waals surface area contributed by atoms with Crippen molar-refractivity contribution in [2.24, 2.45) is 0 Å². The van der Waals surface area contributed by atoms with Crippen molar-refractivity contribution in [3.8, 4) is 11.6 Å². The topological polar surface area (TPSA) is 124 Å². The van der Waals surface area contributed by atoms with Gasteiger partial charge in [0, 0.05) is 38.3 Å². The predicted octanol–water partition coefficient (Wildman–Crippen LogP) is 2.19. The average Bonchev–Trinajstić information content (AvgIpc) is 3.38. The molecule has 2 aliphatic rings. The summed E-state index contributed by atoms with van der Waals surface area (Å²) in [7, 11) is 0. The van der Waals surface area contributed by atoms with Crippen molar-refractivity contribution in [1.29, 1.82) is 0 Å². The zero-order valence-corrected chi connectivity index (χ0v) is 22.4. The van der Waals surface area contributed by atoms with Crippen LogP contribution < -0.4 is 15.3 Å². The number of hydrogen-bond acceptors (Lipinski definition) is 9. The number of piperazine rings is 1. The molecule has 1 atom stereocenters. The molecule has 2 aliphatic heterocycles. The van der Waals surface area contributed by atoms with Crippen LogP contribution in [0.2, 0.25) is 0 Å². The van der Waals surface area contributed by atoms with Crippen LogP contribution in [0.4, 0.5) is 10.2 Å². The first-order chi connectivity index (χ1) is 19.2. The summed E-state index contributed by atoms with van der Waals surface area (Å²) in [6.45, 7) is 10.6. The van der Waals surface area contributed by atoms with Gasteiger partial charge in [0.15, 0.2) is 18.2 Å². The SMILES string of the molecule is C=CC(=O)N1CCN(c2nc(=O)n3c4nc(c(F)cc24)OCn2cc(nn2)Cc2ccnc(C(C)C)c2-3)[C@@H](C)C1. The molecule has 4 aromatic heterocycles. The molecule has 0 N–H and O–H groups in total. The highest BCUT2D eigenvalue weighted by Gasteiger charge is 2.31. The smallest absolute Gasteiger partial charge is 0.355 e. The van der Waals surface area contributed by atoms with Crippen LogP contribution in [0.25, 0.3) is 16.7 Å². The zero-order chi connectivity index (χ0) is 28.1. The van der Waals surface area contributed by atoms with Gasteiger partial charge in [0.2, 0.25) is 5.91 Å². The van der Waals surface area contributed by atoms with Crippen molar-refractivity contribution in [1.82, 2.24) is 39.4 Å². The summed E-state index contributed by atoms with van der Waals surface area (Å²) >= 11 is 0. The van der Waals surface area contributed by atoms with Crippen LogP contribution in [0, 0.1) is 5.82 Å². The number of pyridine rings is 2. The summed E-state index contributed by atoms with van der Waals surface area (Å²) < 4.78 is 24.0. The average molecular weight is 546 g/mol. The molecular formula is C27H28FN9O3. The Hall–Kier alpha value is -4.68. The fourth-order valence-corrected chi connectivity index (χ4v) is 5.35. The standard InChI is InChI=1S/C27H28FN9O3/c1-5-21(38)34-8-9-36(16(4)12-34)24-19-11-20(28)26-30-25(19)37(27(39)31-24)23-17(6-7-29-22(23)15(2)3)10-18-13-35(14-40-26)33-32-18/h5-7,11,13,15-16H,1,8-10,12,14H2,2-4H3/t16-/m0/s1. The Kier molecular flexibility index (Phi) is 6.28. The van der Waals surface area contributed by atoms with Crippen LogP contribution in [0.15, 0.2) is 42.0 Å². The minimum atomic E-state index is -0.707. The molecule has 0 aromatic carbocycles. The fourth-order valence-electron chi connectivity index (χ4n) is 5.35. The first-order valence-electron chi connectivity index (χ1n) is 13.1. The van der Waals surface area contributed by atoms with Crippen molar-refractivity contribution in [2.45, 2.75) is 45.9 Å². The van der Waals surface area contributed by atoms with Gasteiger partial charge in [0.1, 0.15) is 5.82 Å². The van der Waals surface area contributed by atoms with E-state index in [2.05, 4.69) is 31.8 Å². The number of halogens is 1. The molecule has 1 saturated heterocycles. The summed E-state index contributed by atoms with van der Waals surface area (Å²) in [5.74, 6) is -0.901. The largest absolute Gasteiger partial charge is 0.452 e. The minimum Gasteiger partial charge on any atom is -0.452 e. The first-order valence-corrected chi connectivity index (χ1v) is 13.1. The molecule has 40 heavy (non-hydrogen) atoms. The molecule has 0 radical (unpaired) electrons. The highest BCUT2D eigenvalue weighted by molar-refractivity contribution is 5.90. The summed E-state index contributed by atoms with van der Waals surface area (Å²) in [6, 6.07) is 2.93. The number of nitrogens with zero attached hydrogens (tertiary/aromatic N) is 9. The molecule has 0 saturated carbocycles. The number of amides is 1. The van der Waals surface area contributed by atoms with Gasteiger partial charge in [-0.05, 0) is 36.6 Å². The van der Waals surface area contributed by atoms with Gasteiger partial charge in [-0.1, -0.05) is 25.6 Å². The van der Waals surface area contributed by atoms with Gasteiger partial charge < -0.3 is 14.5 Å². The van der Waals surface area contributed by atoms with E-state index in [-0.39, 0.29) is 36.1 Å². The summed E-state index contributed by atoms with van der Waals surface area (Å²) in [4.78, 5) is 43.4. The maximum absolute atomic E-state index is 15.5. The normalized spacial score (nSPS) is 16.9. The molecule has 1 fully saturated rings. The maximum atomic E-state index is 15.5. The molecule has 13 heteroatoms. The van der Waals surface area contributed by atoms with Crippen LogP contribution in [-0.4, -0.2) is 71.0 Å². The second kappa shape index (κ2) is 9.81. The van der Waals surface area contributed by atoms with Gasteiger partial charge in [-0.25, -0.2) is 18.4 Å². The molecule has 1 amide bonds. The van der Waals surface area contributed by atoms with Crippen LogP contribution in [0.3, 0.4) is 0 Å². The first kappa shape index (κ1) is 25.6. The van der Waals surface area contributed by atoms with Gasteiger partial charge in [0.25, 0.3) is 5.88 Å². The lowest BCUT2D eigenvalue weighted by Crippen LogP contribution is -2.54. The van der Waals surface area contributed by atoms with Gasteiger partial charge in [-0.3, -0.25) is 9.78 Å². The van der Waals surface area contributed by atoms with E-state index in [9.17, 15) is 9.59 Å². The lowest BCUT2D eigenvalue weighted by molar-refractivity contribution is -0.126. The van der Waals surface area contributed by atoms with E-state index in [0.29, 0.717) is 54.3 Å². The molecule has 6 rings (SSSR count). The molecule has 6 heterocycles. The van der Waals surface area contributed by atoms with Gasteiger partial charge in [0.05, 0.1) is 28.7 Å². The third-order valence-corrected chi connectivity index (χ3v) is 7.25. The van der Waals surface area contributed by atoms with E-state index in [4.69, 9.17) is 4.74 Å². The number of carbonyl (C=O) groups excluding carboxylic acids is 1. The van der Waals surface area contributed by atoms with E-state index in [1.165, 1.54) is 21.4 Å². The molecule has 0 aliphatic carbocycles. The van der Waals surface area contributed by atoms with Gasteiger partial charge >= 0.3 is 5.69 Å². The van der Waals surface area contributed by atoms with Crippen LogP contribution in [0.1, 0.15) is 43.6 Å². The third kappa shape index (κ3) is 4.27. The molecule has 12 nitrogen and oxygen atoms in total. The third-order valence-electron chi connectivity index (χ3n) is 7.25. The number of fused-ring (bicyclic) bond motifs is 5. The van der Waals surface area contributed by atoms with Crippen LogP contribution >= 0.6 is 0 Å². The Balaban J connectivity index is 1.62. The second-order valence-corrected chi connectivity index (χ2v) is 10.3. The number of hydrogen-bond donors (Lipinski definition) is 0. The Morgan fingerprint density at radius 3 is 2.85 bits per heavy atom. The Morgan fingerprint density at radius 2 is 2.10 bits per heavy atom. The number of anilines is 1. The number of carbonyl (C=O) groups is 1. The van der Waals surface area contributed by atoms with Crippen molar-refractivity contribution >= 4 is 22.8 Å². The number of rotatable bonds is 3. The van der Waals surface area contributed by atoms with Crippen LogP contribution in [-0.2, 0) is 17.9 Å². The Bertz CT molecular complexity index is 1710. The van der Waals surface area contributed by atoms with E-state index in [1.54, 1.807) is 17.3 Å². The number of ether oxygens (including phenoxy) is 1. The van der Waals surface area contributed by atoms with E-state index in [0.717, 1.165) is 5.56 Å². The van der Waals surface area contributed by atoms with E-state index in [1.807, 2.05) is 31.7 Å². The maximum Gasteiger partial charge on any atom is 0.355 e. The fraction of sp³-hybridized carbons (Fsp3) is 0.370. The van der Waals surface area contributed by atoms with Crippen molar-refractivity contribution in [3.05, 3.63) is 70.4 Å². The Labute approximate surface area is 228 Å². The lowest BCUT2D eigenvalue weighted by atomic mass is 10.0. The highest BCUT2D eigenvalue weighted by atomic mass is 19.1. The quantitative estimate of drug-likeness (QED) is 0.356. The zero-order valence-electron chi connectivity index (χ0n) is 22.4. The summed E-state index contributed by atoms with van der Waals surface area (Å²) in [5.41, 5.74) is 2.24. The number of aromatic nitrogens is 7. The predicted molar refractivity (Wildman–Crippen MR) is 144 cm³/mol. The molecular weight excluding hydrogens is 517 g/mol. The molecule has 0 unspecified atom stereocenters. The molecule has 206 valence electrons. The molecule has 4 bridgehead atoms.